The van der Waals surface area contributed by atoms with Gasteiger partial charge in [-0.05, 0) is 31.0 Å². The second-order valence-electron chi connectivity index (χ2n) is 6.10. The lowest BCUT2D eigenvalue weighted by atomic mass is 10.1. The Balaban J connectivity index is 1.59. The Hall–Kier alpha value is -3.49. The van der Waals surface area contributed by atoms with E-state index in [1.165, 1.54) is 19.2 Å². The van der Waals surface area contributed by atoms with Crippen LogP contribution in [0.25, 0.3) is 0 Å². The van der Waals surface area contributed by atoms with Gasteiger partial charge in [0, 0.05) is 19.2 Å². The molecular weight excluding hydrogens is 352 g/mol. The van der Waals surface area contributed by atoms with Gasteiger partial charge < -0.3 is 15.4 Å². The van der Waals surface area contributed by atoms with Crippen molar-refractivity contribution in [2.75, 3.05) is 11.9 Å². The van der Waals surface area contributed by atoms with Gasteiger partial charge in [-0.1, -0.05) is 12.1 Å². The molecule has 0 radical (unpaired) electrons. The predicted octanol–water partition coefficient (Wildman–Crippen LogP) is 0.468. The lowest BCUT2D eigenvalue weighted by Crippen LogP contribution is -2.28. The zero-order valence-electron chi connectivity index (χ0n) is 14.6. The summed E-state index contributed by atoms with van der Waals surface area (Å²) in [5.74, 6) is -1.69. The molecule has 3 rings (SSSR count). The second kappa shape index (κ2) is 7.81. The molecule has 1 fully saturated rings. The number of carbonyl (C=O) groups excluding carboxylic acids is 3. The number of para-hydroxylation sites is 1. The van der Waals surface area contributed by atoms with E-state index in [0.717, 1.165) is 17.5 Å². The minimum Gasteiger partial charge on any atom is -0.451 e. The third-order valence-corrected chi connectivity index (χ3v) is 3.86. The number of aromatic nitrogens is 2. The van der Waals surface area contributed by atoms with E-state index >= 15 is 0 Å². The van der Waals surface area contributed by atoms with E-state index in [-0.39, 0.29) is 23.2 Å². The van der Waals surface area contributed by atoms with Crippen molar-refractivity contribution < 1.29 is 19.1 Å². The van der Waals surface area contributed by atoms with Gasteiger partial charge in [0.05, 0.1) is 11.3 Å². The standard InChI is InChI=1S/C18H18N4O5/c1-22-16(24)9-8-14(21-22)18(26)27-10-15(23)20-13-5-3-2-4-12(13)17(25)19-11-6-7-11/h2-5,8-9,11H,6-7,10H2,1H3,(H,19,25)(H,20,23). The molecule has 1 saturated carbocycles. The van der Waals surface area contributed by atoms with E-state index in [9.17, 15) is 19.2 Å². The number of hydrogen-bond acceptors (Lipinski definition) is 6. The fourth-order valence-electron chi connectivity index (χ4n) is 2.28. The highest BCUT2D eigenvalue weighted by Crippen LogP contribution is 2.21. The first kappa shape index (κ1) is 18.3. The van der Waals surface area contributed by atoms with Gasteiger partial charge in [-0.2, -0.15) is 5.10 Å². The summed E-state index contributed by atoms with van der Waals surface area (Å²) < 4.78 is 5.89. The highest BCUT2D eigenvalue weighted by Gasteiger charge is 2.25. The minimum absolute atomic E-state index is 0.0888. The number of aryl methyl sites for hydroxylation is 1. The van der Waals surface area contributed by atoms with Crippen molar-refractivity contribution >= 4 is 23.5 Å². The summed E-state index contributed by atoms with van der Waals surface area (Å²) in [4.78, 5) is 47.5. The summed E-state index contributed by atoms with van der Waals surface area (Å²) in [6.07, 6.45) is 1.91. The zero-order valence-corrected chi connectivity index (χ0v) is 14.6. The van der Waals surface area contributed by atoms with Crippen LogP contribution in [0.15, 0.2) is 41.2 Å². The zero-order chi connectivity index (χ0) is 19.4. The molecule has 0 aliphatic heterocycles. The van der Waals surface area contributed by atoms with E-state index in [2.05, 4.69) is 15.7 Å². The molecule has 2 amide bonds. The molecule has 1 aliphatic rings. The quantitative estimate of drug-likeness (QED) is 0.714. The Bertz CT molecular complexity index is 949. The molecule has 0 spiro atoms. The maximum atomic E-state index is 12.2. The lowest BCUT2D eigenvalue weighted by molar-refractivity contribution is -0.119. The minimum atomic E-state index is -0.833. The van der Waals surface area contributed by atoms with Gasteiger partial charge in [-0.25, -0.2) is 9.48 Å². The van der Waals surface area contributed by atoms with Crippen LogP contribution in [0.5, 0.6) is 0 Å². The van der Waals surface area contributed by atoms with Crippen molar-refractivity contribution in [3.63, 3.8) is 0 Å². The molecule has 9 heteroatoms. The summed E-state index contributed by atoms with van der Waals surface area (Å²) in [5, 5.41) is 9.16. The average molecular weight is 370 g/mol. The topological polar surface area (TPSA) is 119 Å². The largest absolute Gasteiger partial charge is 0.451 e. The number of rotatable bonds is 6. The van der Waals surface area contributed by atoms with Gasteiger partial charge >= 0.3 is 5.97 Å². The molecule has 2 aromatic rings. The SMILES string of the molecule is Cn1nc(C(=O)OCC(=O)Nc2ccccc2C(=O)NC2CC2)ccc1=O. The van der Waals surface area contributed by atoms with Gasteiger partial charge in [0.1, 0.15) is 0 Å². The van der Waals surface area contributed by atoms with Crippen molar-refractivity contribution in [3.05, 3.63) is 58.0 Å². The Morgan fingerprint density at radius 2 is 1.93 bits per heavy atom. The summed E-state index contributed by atoms with van der Waals surface area (Å²) >= 11 is 0. The molecule has 27 heavy (non-hydrogen) atoms. The number of ether oxygens (including phenoxy) is 1. The molecule has 9 nitrogen and oxygen atoms in total. The number of anilines is 1. The Morgan fingerprint density at radius 3 is 2.63 bits per heavy atom. The van der Waals surface area contributed by atoms with Crippen LogP contribution in [0, 0.1) is 0 Å². The second-order valence-corrected chi connectivity index (χ2v) is 6.10. The number of benzene rings is 1. The van der Waals surface area contributed by atoms with Gasteiger partial charge in [0.15, 0.2) is 12.3 Å². The first-order chi connectivity index (χ1) is 12.9. The van der Waals surface area contributed by atoms with E-state index in [0.29, 0.717) is 11.3 Å². The van der Waals surface area contributed by atoms with Crippen LogP contribution in [0.1, 0.15) is 33.7 Å². The number of nitrogens with zero attached hydrogens (tertiary/aromatic N) is 2. The van der Waals surface area contributed by atoms with Crippen LogP contribution in [-0.2, 0) is 16.6 Å². The molecule has 1 aromatic heterocycles. The van der Waals surface area contributed by atoms with Crippen LogP contribution in [0.2, 0.25) is 0 Å². The average Bonchev–Trinajstić information content (AvgIpc) is 3.46. The third-order valence-electron chi connectivity index (χ3n) is 3.86. The maximum Gasteiger partial charge on any atom is 0.359 e. The molecule has 1 aliphatic carbocycles. The predicted molar refractivity (Wildman–Crippen MR) is 95.3 cm³/mol. The monoisotopic (exact) mass is 370 g/mol. The first-order valence-electron chi connectivity index (χ1n) is 8.35. The highest BCUT2D eigenvalue weighted by atomic mass is 16.5. The molecule has 2 N–H and O–H groups in total. The van der Waals surface area contributed by atoms with Crippen molar-refractivity contribution in [1.29, 1.82) is 0 Å². The van der Waals surface area contributed by atoms with Gasteiger partial charge in [0.25, 0.3) is 17.4 Å². The molecule has 0 bridgehead atoms. The lowest BCUT2D eigenvalue weighted by Gasteiger charge is -2.11. The third kappa shape index (κ3) is 4.78. The van der Waals surface area contributed by atoms with Gasteiger partial charge in [0.2, 0.25) is 0 Å². The van der Waals surface area contributed by atoms with Crippen molar-refractivity contribution in [1.82, 2.24) is 15.1 Å². The first-order valence-corrected chi connectivity index (χ1v) is 8.35. The summed E-state index contributed by atoms with van der Waals surface area (Å²) in [5.41, 5.74) is 0.209. The van der Waals surface area contributed by atoms with E-state index in [1.807, 2.05) is 0 Å². The molecule has 140 valence electrons. The number of carbonyl (C=O) groups is 3. The Kier molecular flexibility index (Phi) is 5.30. The fraction of sp³-hybridized carbons (Fsp3) is 0.278. The van der Waals surface area contributed by atoms with Crippen LogP contribution >= 0.6 is 0 Å². The molecule has 1 aromatic carbocycles. The number of amides is 2. The van der Waals surface area contributed by atoms with Crippen molar-refractivity contribution in [2.45, 2.75) is 18.9 Å². The van der Waals surface area contributed by atoms with E-state index in [4.69, 9.17) is 4.74 Å². The van der Waals surface area contributed by atoms with Gasteiger partial charge in [-0.3, -0.25) is 14.4 Å². The summed E-state index contributed by atoms with van der Waals surface area (Å²) in [6.45, 7) is -0.554. The highest BCUT2D eigenvalue weighted by molar-refractivity contribution is 6.04. The van der Waals surface area contributed by atoms with Crippen LogP contribution in [0.4, 0.5) is 5.69 Å². The van der Waals surface area contributed by atoms with E-state index < -0.39 is 18.5 Å². The number of esters is 1. The van der Waals surface area contributed by atoms with Gasteiger partial charge in [-0.15, -0.1) is 0 Å². The van der Waals surface area contributed by atoms with Crippen LogP contribution in [-0.4, -0.2) is 40.2 Å². The Labute approximate surface area is 154 Å². The molecule has 1 heterocycles. The van der Waals surface area contributed by atoms with Crippen LogP contribution in [0.3, 0.4) is 0 Å². The number of hydrogen-bond donors (Lipinski definition) is 2. The van der Waals surface area contributed by atoms with Crippen molar-refractivity contribution in [3.8, 4) is 0 Å². The molecule has 0 unspecified atom stereocenters. The number of nitrogens with one attached hydrogen (secondary N) is 2. The van der Waals surface area contributed by atoms with Crippen molar-refractivity contribution in [2.24, 2.45) is 7.05 Å². The molecule has 0 atom stereocenters. The smallest absolute Gasteiger partial charge is 0.359 e. The summed E-state index contributed by atoms with van der Waals surface area (Å²) in [6, 6.07) is 9.17. The maximum absolute atomic E-state index is 12.2. The molecular formula is C18H18N4O5. The molecule has 0 saturated heterocycles. The normalized spacial score (nSPS) is 12.9. The van der Waals surface area contributed by atoms with E-state index in [1.54, 1.807) is 24.3 Å². The van der Waals surface area contributed by atoms with Crippen LogP contribution < -0.4 is 16.2 Å². The summed E-state index contributed by atoms with van der Waals surface area (Å²) in [7, 11) is 1.40. The Morgan fingerprint density at radius 1 is 1.19 bits per heavy atom. The fourth-order valence-corrected chi connectivity index (χ4v) is 2.28.